The smallest absolute Gasteiger partial charge is 0.299 e. The van der Waals surface area contributed by atoms with Crippen LogP contribution in [0.3, 0.4) is 0 Å². The number of nitrogen functional groups attached to an aromatic ring is 1. The second-order valence-corrected chi connectivity index (χ2v) is 8.18. The second kappa shape index (κ2) is 9.38. The normalized spacial score (nSPS) is 12.1. The van der Waals surface area contributed by atoms with Crippen molar-refractivity contribution in [3.63, 3.8) is 0 Å². The summed E-state index contributed by atoms with van der Waals surface area (Å²) in [7, 11) is -1.91. The van der Waals surface area contributed by atoms with Gasteiger partial charge in [0, 0.05) is 10.3 Å². The molecule has 0 bridgehead atoms. The third-order valence-corrected chi connectivity index (χ3v) is 5.74. The van der Waals surface area contributed by atoms with E-state index < -0.39 is 10.1 Å². The van der Waals surface area contributed by atoms with E-state index in [0.29, 0.717) is 16.0 Å². The minimum absolute atomic E-state index is 0.0779. The van der Waals surface area contributed by atoms with Crippen molar-refractivity contribution in [2.75, 3.05) is 20.0 Å². The Morgan fingerprint density at radius 1 is 1.07 bits per heavy atom. The Morgan fingerprint density at radius 3 is 2.47 bits per heavy atom. The molecule has 0 aliphatic rings. The first-order valence-electron chi connectivity index (χ1n) is 8.28. The van der Waals surface area contributed by atoms with E-state index in [2.05, 4.69) is 24.3 Å². The number of hydrogen-bond donors (Lipinski definition) is 2. The summed E-state index contributed by atoms with van der Waals surface area (Å²) in [6.45, 7) is 0. The number of phenolic OH excluding ortho intramolecular Hbond substituents is 1. The molecule has 0 unspecified atom stereocenters. The number of aromatic hydroxyl groups is 1. The lowest BCUT2D eigenvalue weighted by atomic mass is 10.1. The highest BCUT2D eigenvalue weighted by Gasteiger charge is 2.24. The number of nitrogens with zero attached hydrogens (tertiary/aromatic N) is 2. The van der Waals surface area contributed by atoms with Gasteiger partial charge in [-0.15, -0.1) is 9.45 Å². The van der Waals surface area contributed by atoms with Gasteiger partial charge in [-0.25, -0.2) is 4.89 Å². The van der Waals surface area contributed by atoms with Crippen molar-refractivity contribution in [3.05, 3.63) is 48.5 Å². The van der Waals surface area contributed by atoms with Gasteiger partial charge in [0.05, 0.1) is 37.6 Å². The van der Waals surface area contributed by atoms with Crippen LogP contribution in [-0.4, -0.2) is 27.7 Å². The van der Waals surface area contributed by atoms with E-state index in [9.17, 15) is 13.5 Å². The van der Waals surface area contributed by atoms with Crippen LogP contribution in [0.4, 0.5) is 17.1 Å². The fourth-order valence-corrected chi connectivity index (χ4v) is 3.94. The second-order valence-electron chi connectivity index (χ2n) is 5.72. The van der Waals surface area contributed by atoms with Crippen LogP contribution >= 0.6 is 12.0 Å². The van der Waals surface area contributed by atoms with Gasteiger partial charge >= 0.3 is 0 Å². The Morgan fingerprint density at radius 2 is 1.80 bits per heavy atom. The van der Waals surface area contributed by atoms with Gasteiger partial charge in [-0.05, 0) is 35.7 Å². The summed E-state index contributed by atoms with van der Waals surface area (Å²) in [5, 5.41) is 23.4. The Kier molecular flexibility index (Phi) is 6.87. The molecule has 3 N–H and O–H groups in total. The summed E-state index contributed by atoms with van der Waals surface area (Å²) in [5.41, 5.74) is 6.45. The van der Waals surface area contributed by atoms with Crippen LogP contribution < -0.4 is 5.73 Å². The van der Waals surface area contributed by atoms with Gasteiger partial charge in [-0.1, -0.05) is 23.2 Å². The Balaban J connectivity index is 2.20. The predicted molar refractivity (Wildman–Crippen MR) is 110 cm³/mol. The standard InChI is InChI=1S/C18H17N3O7S2/c1-25-27-28-29-13-8-11-9-15(30(23,24)26-2)18(17(19)16(11)14(22)10-13)21-20-12-6-4-3-5-7-12/h3-10,22H,19H2,1-2H3. The number of anilines is 1. The Bertz CT molecular complexity index is 1190. The Hall–Kier alpha value is -2.74. The van der Waals surface area contributed by atoms with E-state index in [1.54, 1.807) is 36.4 Å². The highest BCUT2D eigenvalue weighted by Crippen LogP contribution is 2.44. The van der Waals surface area contributed by atoms with E-state index in [-0.39, 0.29) is 27.4 Å². The van der Waals surface area contributed by atoms with Crippen LogP contribution in [0.1, 0.15) is 0 Å². The van der Waals surface area contributed by atoms with Crippen molar-refractivity contribution in [1.29, 1.82) is 0 Å². The average Bonchev–Trinajstić information content (AvgIpc) is 2.73. The first kappa shape index (κ1) is 22.0. The number of phenols is 1. The summed E-state index contributed by atoms with van der Waals surface area (Å²) in [6, 6.07) is 12.9. The van der Waals surface area contributed by atoms with Crippen molar-refractivity contribution in [3.8, 4) is 5.75 Å². The van der Waals surface area contributed by atoms with Gasteiger partial charge in [0.25, 0.3) is 10.1 Å². The molecule has 30 heavy (non-hydrogen) atoms. The van der Waals surface area contributed by atoms with Crippen LogP contribution in [0.15, 0.2) is 68.6 Å². The first-order chi connectivity index (χ1) is 14.4. The van der Waals surface area contributed by atoms with Gasteiger partial charge in [-0.3, -0.25) is 4.18 Å². The maximum Gasteiger partial charge on any atom is 0.299 e. The fourth-order valence-electron chi connectivity index (χ4n) is 2.60. The molecule has 158 valence electrons. The van der Waals surface area contributed by atoms with Crippen molar-refractivity contribution < 1.29 is 32.0 Å². The van der Waals surface area contributed by atoms with E-state index in [1.165, 1.54) is 19.2 Å². The zero-order valence-corrected chi connectivity index (χ0v) is 17.4. The predicted octanol–water partition coefficient (Wildman–Crippen LogP) is 4.39. The highest BCUT2D eigenvalue weighted by atomic mass is 32.2. The lowest BCUT2D eigenvalue weighted by Crippen LogP contribution is -2.05. The zero-order chi connectivity index (χ0) is 21.7. The number of hydrogen-bond acceptors (Lipinski definition) is 11. The summed E-state index contributed by atoms with van der Waals surface area (Å²) in [4.78, 5) is 4.41. The van der Waals surface area contributed by atoms with Gasteiger partial charge in [-0.2, -0.15) is 13.5 Å². The molecule has 0 amide bonds. The van der Waals surface area contributed by atoms with Crippen LogP contribution in [0.5, 0.6) is 5.75 Å². The third kappa shape index (κ3) is 4.70. The van der Waals surface area contributed by atoms with E-state index in [1.807, 2.05) is 0 Å². The molecule has 0 atom stereocenters. The van der Waals surface area contributed by atoms with E-state index in [4.69, 9.17) is 10.1 Å². The molecule has 3 rings (SSSR count). The largest absolute Gasteiger partial charge is 0.507 e. The molecule has 0 aliphatic heterocycles. The molecule has 0 fully saturated rings. The molecule has 0 aromatic heterocycles. The van der Waals surface area contributed by atoms with E-state index in [0.717, 1.165) is 19.2 Å². The third-order valence-electron chi connectivity index (χ3n) is 3.90. The molecule has 0 heterocycles. The van der Waals surface area contributed by atoms with Gasteiger partial charge in [0.15, 0.2) is 0 Å². The van der Waals surface area contributed by atoms with Crippen LogP contribution in [0, 0.1) is 0 Å². The SMILES string of the molecule is COOOSc1cc(O)c2c(N)c(N=Nc3ccccc3)c(S(=O)(=O)OC)cc2c1. The van der Waals surface area contributed by atoms with Gasteiger partial charge in [0.2, 0.25) is 0 Å². The molecule has 3 aromatic carbocycles. The summed E-state index contributed by atoms with van der Waals surface area (Å²) >= 11 is 0.740. The van der Waals surface area contributed by atoms with Crippen molar-refractivity contribution >= 4 is 50.0 Å². The number of rotatable bonds is 8. The van der Waals surface area contributed by atoms with Gasteiger partial charge in [0.1, 0.15) is 16.3 Å². The average molecular weight is 451 g/mol. The Labute approximate surface area is 176 Å². The van der Waals surface area contributed by atoms with Gasteiger partial charge < -0.3 is 10.8 Å². The van der Waals surface area contributed by atoms with Crippen LogP contribution in [-0.2, 0) is 28.6 Å². The number of azo groups is 1. The number of benzene rings is 3. The lowest BCUT2D eigenvalue weighted by molar-refractivity contribution is -0.447. The molecule has 0 saturated carbocycles. The molecule has 3 aromatic rings. The van der Waals surface area contributed by atoms with Crippen molar-refractivity contribution in [1.82, 2.24) is 0 Å². The van der Waals surface area contributed by atoms with Crippen LogP contribution in [0.25, 0.3) is 10.8 Å². The van der Waals surface area contributed by atoms with E-state index >= 15 is 0 Å². The molecule has 12 heteroatoms. The molecule has 0 spiro atoms. The number of fused-ring (bicyclic) bond motifs is 1. The molecular weight excluding hydrogens is 434 g/mol. The van der Waals surface area contributed by atoms with Crippen molar-refractivity contribution in [2.24, 2.45) is 10.2 Å². The minimum Gasteiger partial charge on any atom is -0.507 e. The molecule has 10 nitrogen and oxygen atoms in total. The molecule has 0 saturated heterocycles. The molecular formula is C18H17N3O7S2. The summed E-state index contributed by atoms with van der Waals surface area (Å²) in [6.07, 6.45) is 0. The highest BCUT2D eigenvalue weighted by molar-refractivity contribution is 7.94. The molecule has 0 aliphatic carbocycles. The zero-order valence-electron chi connectivity index (χ0n) is 15.8. The summed E-state index contributed by atoms with van der Waals surface area (Å²) in [5.74, 6) is -0.217. The maximum absolute atomic E-state index is 12.5. The fraction of sp³-hybridized carbons (Fsp3) is 0.111. The minimum atomic E-state index is -4.19. The van der Waals surface area contributed by atoms with Crippen LogP contribution in [0.2, 0.25) is 0 Å². The maximum atomic E-state index is 12.5. The number of nitrogens with two attached hydrogens (primary N) is 1. The van der Waals surface area contributed by atoms with Crippen molar-refractivity contribution in [2.45, 2.75) is 9.79 Å². The lowest BCUT2D eigenvalue weighted by Gasteiger charge is -2.13. The monoisotopic (exact) mass is 451 g/mol. The first-order valence-corrected chi connectivity index (χ1v) is 10.4. The topological polar surface area (TPSA) is 142 Å². The summed E-state index contributed by atoms with van der Waals surface area (Å²) < 4.78 is 34.4. The quantitative estimate of drug-likeness (QED) is 0.0969. The molecule has 0 radical (unpaired) electrons.